The topological polar surface area (TPSA) is 92.5 Å². The van der Waals surface area contributed by atoms with Gasteiger partial charge in [0.15, 0.2) is 12.0 Å². The summed E-state index contributed by atoms with van der Waals surface area (Å²) in [6.07, 6.45) is 3.33. The number of amides is 2. The fourth-order valence-electron chi connectivity index (χ4n) is 5.10. The van der Waals surface area contributed by atoms with Crippen LogP contribution in [-0.4, -0.2) is 47.2 Å². The van der Waals surface area contributed by atoms with Gasteiger partial charge in [-0.3, -0.25) is 9.88 Å². The summed E-state index contributed by atoms with van der Waals surface area (Å²) in [5, 5.41) is 8.00. The molecule has 1 aliphatic heterocycles. The number of ether oxygens (including phenoxy) is 1. The maximum atomic E-state index is 13.2. The van der Waals surface area contributed by atoms with Crippen molar-refractivity contribution in [1.82, 2.24) is 14.9 Å². The average Bonchev–Trinajstić information content (AvgIpc) is 3.43. The third kappa shape index (κ3) is 5.41. The maximum Gasteiger partial charge on any atom is 0.323 e. The van der Waals surface area contributed by atoms with Crippen LogP contribution in [0.25, 0.3) is 33.0 Å². The number of hydrogen-bond donors (Lipinski definition) is 2. The molecule has 1 fully saturated rings. The van der Waals surface area contributed by atoms with Crippen LogP contribution in [0.3, 0.4) is 0 Å². The van der Waals surface area contributed by atoms with Gasteiger partial charge in [-0.25, -0.2) is 9.78 Å². The Morgan fingerprint density at radius 1 is 0.925 bits per heavy atom. The van der Waals surface area contributed by atoms with Crippen LogP contribution < -0.4 is 10.6 Å². The first-order chi connectivity index (χ1) is 19.3. The molecule has 0 atom stereocenters. The van der Waals surface area contributed by atoms with Gasteiger partial charge in [0.05, 0.1) is 30.3 Å². The van der Waals surface area contributed by atoms with E-state index in [0.29, 0.717) is 16.8 Å². The van der Waals surface area contributed by atoms with Crippen molar-refractivity contribution in [3.63, 3.8) is 0 Å². The zero-order valence-corrected chi connectivity index (χ0v) is 23.0. The molecule has 6 rings (SSSR count). The number of hydrogen-bond acceptors (Lipinski definition) is 6. The lowest BCUT2D eigenvalue weighted by molar-refractivity contribution is 0.0336. The zero-order chi connectivity index (χ0) is 27.7. The second-order valence-corrected chi connectivity index (χ2v) is 11.2. The molecule has 3 heterocycles. The fourth-order valence-corrected chi connectivity index (χ4v) is 5.10. The molecule has 40 heavy (non-hydrogen) atoms. The number of rotatable bonds is 5. The molecule has 2 amide bonds. The summed E-state index contributed by atoms with van der Waals surface area (Å²) in [6.45, 7) is 10.6. The lowest BCUT2D eigenvalue weighted by atomic mass is 9.86. The fraction of sp³-hybridized carbons (Fsp3) is 0.281. The van der Waals surface area contributed by atoms with Crippen molar-refractivity contribution in [3.05, 3.63) is 84.5 Å². The molecule has 2 N–H and O–H groups in total. The van der Waals surface area contributed by atoms with Crippen LogP contribution >= 0.6 is 0 Å². The first kappa shape index (κ1) is 26.0. The minimum absolute atomic E-state index is 0.109. The Kier molecular flexibility index (Phi) is 6.96. The van der Waals surface area contributed by atoms with E-state index < -0.39 is 0 Å². The molecule has 5 aromatic rings. The van der Waals surface area contributed by atoms with Crippen LogP contribution in [0.2, 0.25) is 0 Å². The number of morpholine rings is 1. The Bertz CT molecular complexity index is 1660. The molecule has 0 aliphatic carbocycles. The Morgan fingerprint density at radius 3 is 2.45 bits per heavy atom. The van der Waals surface area contributed by atoms with Crippen molar-refractivity contribution in [1.29, 1.82) is 0 Å². The Morgan fingerprint density at radius 2 is 1.70 bits per heavy atom. The minimum atomic E-state index is -0.351. The highest BCUT2D eigenvalue weighted by Crippen LogP contribution is 2.34. The van der Waals surface area contributed by atoms with Gasteiger partial charge in [-0.05, 0) is 46.2 Å². The Labute approximate surface area is 233 Å². The number of urea groups is 1. The second kappa shape index (κ2) is 10.7. The van der Waals surface area contributed by atoms with E-state index in [9.17, 15) is 4.79 Å². The van der Waals surface area contributed by atoms with Gasteiger partial charge in [0.25, 0.3) is 0 Å². The molecule has 0 unspecified atom stereocenters. The minimum Gasteiger partial charge on any atom is -0.441 e. The molecule has 0 saturated carbocycles. The molecular weight excluding hydrogens is 502 g/mol. The molecule has 0 radical (unpaired) electrons. The number of nitrogens with one attached hydrogen (secondary N) is 2. The number of nitrogens with zero attached hydrogens (tertiary/aromatic N) is 3. The van der Waals surface area contributed by atoms with Gasteiger partial charge in [0, 0.05) is 36.8 Å². The van der Waals surface area contributed by atoms with E-state index in [2.05, 4.69) is 59.5 Å². The summed E-state index contributed by atoms with van der Waals surface area (Å²) in [5.74, 6) is 0. The van der Waals surface area contributed by atoms with Crippen molar-refractivity contribution >= 4 is 39.3 Å². The van der Waals surface area contributed by atoms with Crippen LogP contribution in [-0.2, 0) is 16.7 Å². The highest BCUT2D eigenvalue weighted by atomic mass is 16.5. The summed E-state index contributed by atoms with van der Waals surface area (Å²) >= 11 is 0. The van der Waals surface area contributed by atoms with E-state index in [4.69, 9.17) is 14.1 Å². The van der Waals surface area contributed by atoms with Gasteiger partial charge in [0.1, 0.15) is 5.52 Å². The van der Waals surface area contributed by atoms with Crippen LogP contribution in [0.1, 0.15) is 32.0 Å². The SMILES string of the molecule is CC(C)(C)c1cc(NC(=O)Nc2ccc(-c3ccc(CN4CCOCC4)nc3)c3ccccc23)c2ocnc2c1. The van der Waals surface area contributed by atoms with Gasteiger partial charge in [-0.1, -0.05) is 57.2 Å². The lowest BCUT2D eigenvalue weighted by Gasteiger charge is -2.26. The maximum absolute atomic E-state index is 13.2. The van der Waals surface area contributed by atoms with Gasteiger partial charge >= 0.3 is 6.03 Å². The van der Waals surface area contributed by atoms with Crippen molar-refractivity contribution in [2.45, 2.75) is 32.7 Å². The number of anilines is 2. The first-order valence-corrected chi connectivity index (χ1v) is 13.6. The highest BCUT2D eigenvalue weighted by molar-refractivity contribution is 6.11. The van der Waals surface area contributed by atoms with Gasteiger partial charge in [0.2, 0.25) is 0 Å². The molecule has 1 aliphatic rings. The normalized spacial score (nSPS) is 14.5. The molecule has 8 nitrogen and oxygen atoms in total. The van der Waals surface area contributed by atoms with Crippen LogP contribution in [0, 0.1) is 0 Å². The third-order valence-corrected chi connectivity index (χ3v) is 7.34. The van der Waals surface area contributed by atoms with E-state index in [1.807, 2.05) is 48.7 Å². The number of pyridine rings is 1. The summed E-state index contributed by atoms with van der Waals surface area (Å²) in [6, 6.07) is 19.9. The van der Waals surface area contributed by atoms with E-state index in [1.165, 1.54) is 6.39 Å². The predicted molar refractivity (Wildman–Crippen MR) is 159 cm³/mol. The Balaban J connectivity index is 1.24. The van der Waals surface area contributed by atoms with Crippen molar-refractivity contribution < 1.29 is 13.9 Å². The number of oxazole rings is 1. The number of carbonyl (C=O) groups is 1. The standard InChI is InChI=1S/C32H33N5O3/c1-32(2,3)22-16-28-30(40-20-34-28)29(17-22)36-31(38)35-27-11-10-24(25-6-4-5-7-26(25)27)21-8-9-23(33-18-21)19-37-12-14-39-15-13-37/h4-11,16-18,20H,12-15,19H2,1-3H3,(H2,35,36,38). The van der Waals surface area contributed by atoms with Crippen LogP contribution in [0.4, 0.5) is 16.2 Å². The van der Waals surface area contributed by atoms with Gasteiger partial charge < -0.3 is 19.8 Å². The highest BCUT2D eigenvalue weighted by Gasteiger charge is 2.20. The van der Waals surface area contributed by atoms with Crippen LogP contribution in [0.5, 0.6) is 0 Å². The van der Waals surface area contributed by atoms with E-state index in [1.54, 1.807) is 0 Å². The number of benzene rings is 3. The molecule has 0 spiro atoms. The summed E-state index contributed by atoms with van der Waals surface area (Å²) in [4.78, 5) is 24.6. The second-order valence-electron chi connectivity index (χ2n) is 11.2. The molecule has 2 aromatic heterocycles. The Hall–Kier alpha value is -4.27. The summed E-state index contributed by atoms with van der Waals surface area (Å²) < 4.78 is 11.0. The van der Waals surface area contributed by atoms with Gasteiger partial charge in [-0.2, -0.15) is 0 Å². The van der Waals surface area contributed by atoms with E-state index in [-0.39, 0.29) is 11.4 Å². The quantitative estimate of drug-likeness (QED) is 0.257. The molecule has 0 bridgehead atoms. The molecule has 1 saturated heterocycles. The number of carbonyl (C=O) groups excluding carboxylic acids is 1. The predicted octanol–water partition coefficient (Wildman–Crippen LogP) is 6.82. The molecule has 8 heteroatoms. The molecular formula is C32H33N5O3. The van der Waals surface area contributed by atoms with Crippen LogP contribution in [0.15, 0.2) is 77.7 Å². The zero-order valence-electron chi connectivity index (χ0n) is 23.0. The number of aromatic nitrogens is 2. The summed E-state index contributed by atoms with van der Waals surface area (Å²) in [7, 11) is 0. The number of fused-ring (bicyclic) bond motifs is 2. The molecule has 3 aromatic carbocycles. The monoisotopic (exact) mass is 535 g/mol. The third-order valence-electron chi connectivity index (χ3n) is 7.34. The van der Waals surface area contributed by atoms with Gasteiger partial charge in [-0.15, -0.1) is 0 Å². The largest absolute Gasteiger partial charge is 0.441 e. The molecule has 204 valence electrons. The van der Waals surface area contributed by atoms with Crippen molar-refractivity contribution in [3.8, 4) is 11.1 Å². The van der Waals surface area contributed by atoms with E-state index >= 15 is 0 Å². The smallest absolute Gasteiger partial charge is 0.323 e. The van der Waals surface area contributed by atoms with E-state index in [0.717, 1.165) is 71.7 Å². The van der Waals surface area contributed by atoms with Crippen molar-refractivity contribution in [2.75, 3.05) is 36.9 Å². The first-order valence-electron chi connectivity index (χ1n) is 13.6. The lowest BCUT2D eigenvalue weighted by Crippen LogP contribution is -2.35. The van der Waals surface area contributed by atoms with Crippen molar-refractivity contribution in [2.24, 2.45) is 0 Å². The average molecular weight is 536 g/mol. The summed E-state index contributed by atoms with van der Waals surface area (Å²) in [5.41, 5.74) is 6.65.